The third kappa shape index (κ3) is 2.93. The molecule has 5 rings (SSSR count). The van der Waals surface area contributed by atoms with Crippen LogP contribution in [-0.2, 0) is 33.3 Å². The van der Waals surface area contributed by atoms with E-state index >= 15 is 0 Å². The molecule has 2 N–H and O–H groups in total. The Balaban J connectivity index is 1.63. The Morgan fingerprint density at radius 1 is 1.08 bits per heavy atom. The van der Waals surface area contributed by atoms with Crippen LogP contribution in [0, 0.1) is 22.7 Å². The zero-order valence-corrected chi connectivity index (χ0v) is 22.8. The highest BCUT2D eigenvalue weighted by Crippen LogP contribution is 2.92. The number of Topliss-reactive ketones (excluding diaryl/α,β-unsaturated/α-hetero) is 1. The van der Waals surface area contributed by atoms with Crippen molar-refractivity contribution in [3.63, 3.8) is 0 Å². The maximum atomic E-state index is 13.3. The number of unbranched alkanes of at least 4 members (excludes halogenated alkanes) is 2. The maximum Gasteiger partial charge on any atom is 0.307 e. The van der Waals surface area contributed by atoms with E-state index in [4.69, 9.17) is 23.7 Å². The molecule has 3 saturated carbocycles. The Hall–Kier alpha value is -1.52. The summed E-state index contributed by atoms with van der Waals surface area (Å²) in [4.78, 5) is 26.6. The fourth-order valence-electron chi connectivity index (χ4n) is 8.89. The van der Waals surface area contributed by atoms with Crippen molar-refractivity contribution in [2.75, 3.05) is 26.8 Å². The van der Waals surface area contributed by atoms with Crippen LogP contribution in [0.2, 0.25) is 0 Å². The number of ether oxygens (including phenoxy) is 5. The summed E-state index contributed by atoms with van der Waals surface area (Å²) in [6.07, 6.45) is 4.29. The van der Waals surface area contributed by atoms with Crippen molar-refractivity contribution in [3.8, 4) is 0 Å². The summed E-state index contributed by atoms with van der Waals surface area (Å²) in [5, 5.41) is 22.8. The van der Waals surface area contributed by atoms with Gasteiger partial charge in [0.15, 0.2) is 11.4 Å². The first-order valence-electron chi connectivity index (χ1n) is 13.9. The van der Waals surface area contributed by atoms with Crippen LogP contribution in [-0.4, -0.2) is 71.7 Å². The Bertz CT molecular complexity index is 994. The molecule has 0 aromatic carbocycles. The van der Waals surface area contributed by atoms with Gasteiger partial charge in [-0.1, -0.05) is 40.5 Å². The van der Waals surface area contributed by atoms with Gasteiger partial charge in [0.25, 0.3) is 0 Å². The highest BCUT2D eigenvalue weighted by atomic mass is 16.7. The minimum atomic E-state index is -1.88. The highest BCUT2D eigenvalue weighted by molar-refractivity contribution is 6.11. The molecular formula is C28H42O9. The van der Waals surface area contributed by atoms with E-state index in [9.17, 15) is 19.8 Å². The van der Waals surface area contributed by atoms with Gasteiger partial charge >= 0.3 is 5.97 Å². The lowest BCUT2D eigenvalue weighted by Gasteiger charge is -2.64. The SMILES string of the molecule is CCCCOCOC1C(C)CCC2(OCOCCCC)C3(C)CC(=O)OC12C12C(C)=C(O)C(=O)C1(O)C32. The molecule has 9 nitrogen and oxygen atoms in total. The third-order valence-corrected chi connectivity index (χ3v) is 10.3. The van der Waals surface area contributed by atoms with Crippen LogP contribution in [0.3, 0.4) is 0 Å². The molecule has 1 aliphatic heterocycles. The summed E-state index contributed by atoms with van der Waals surface area (Å²) < 4.78 is 31.1. The third-order valence-electron chi connectivity index (χ3n) is 10.3. The molecule has 0 amide bonds. The standard InChI is InChI=1S/C28H42O9/c1-6-8-12-33-15-35-22-17(3)10-11-25(36-16-34-13-9-7-2)24(5)14-19(29)37-28(22,25)26-18(4)20(30)21(31)27(26,32)23(24)26/h17,22-23,30,32H,6-16H2,1-5H3. The van der Waals surface area contributed by atoms with E-state index in [-0.39, 0.29) is 25.9 Å². The fraction of sp³-hybridized carbons (Fsp3) is 0.857. The van der Waals surface area contributed by atoms with Gasteiger partial charge in [0.2, 0.25) is 5.78 Å². The second-order valence-corrected chi connectivity index (χ2v) is 11.9. The molecule has 0 radical (unpaired) electrons. The van der Waals surface area contributed by atoms with Crippen LogP contribution in [0.25, 0.3) is 0 Å². The molecule has 2 bridgehead atoms. The van der Waals surface area contributed by atoms with Crippen molar-refractivity contribution in [2.45, 2.75) is 102 Å². The first-order valence-corrected chi connectivity index (χ1v) is 13.9. The summed E-state index contributed by atoms with van der Waals surface area (Å²) >= 11 is 0. The normalized spacial score (nSPS) is 45.5. The number of ketones is 1. The summed E-state index contributed by atoms with van der Waals surface area (Å²) in [5.74, 6) is -2.33. The van der Waals surface area contributed by atoms with Gasteiger partial charge in [0, 0.05) is 24.5 Å². The van der Waals surface area contributed by atoms with Crippen molar-refractivity contribution in [2.24, 2.45) is 22.7 Å². The summed E-state index contributed by atoms with van der Waals surface area (Å²) in [7, 11) is 0. The van der Waals surface area contributed by atoms with E-state index in [1.807, 2.05) is 13.8 Å². The van der Waals surface area contributed by atoms with Gasteiger partial charge in [-0.15, -0.1) is 0 Å². The summed E-state index contributed by atoms with van der Waals surface area (Å²) in [5.41, 5.74) is -6.42. The van der Waals surface area contributed by atoms with Crippen molar-refractivity contribution < 1.29 is 43.5 Å². The number of fused-ring (bicyclic) bond motifs is 2. The molecular weight excluding hydrogens is 480 g/mol. The van der Waals surface area contributed by atoms with Crippen molar-refractivity contribution >= 4 is 11.8 Å². The van der Waals surface area contributed by atoms with Gasteiger partial charge in [-0.05, 0) is 44.1 Å². The fourth-order valence-corrected chi connectivity index (χ4v) is 8.89. The second kappa shape index (κ2) is 9.01. The zero-order valence-electron chi connectivity index (χ0n) is 22.8. The van der Waals surface area contributed by atoms with E-state index in [1.165, 1.54) is 0 Å². The number of aliphatic hydroxyl groups excluding tert-OH is 1. The van der Waals surface area contributed by atoms with Gasteiger partial charge in [0.1, 0.15) is 30.9 Å². The van der Waals surface area contributed by atoms with Gasteiger partial charge in [-0.2, -0.15) is 0 Å². The number of aliphatic hydroxyl groups is 2. The molecule has 37 heavy (non-hydrogen) atoms. The van der Waals surface area contributed by atoms with E-state index in [2.05, 4.69) is 13.8 Å². The average Bonchev–Trinajstić information content (AvgIpc) is 3.39. The molecule has 9 heteroatoms. The molecule has 4 fully saturated rings. The van der Waals surface area contributed by atoms with Crippen LogP contribution in [0.5, 0.6) is 0 Å². The minimum absolute atomic E-state index is 0.00609. The Kier molecular flexibility index (Phi) is 6.59. The average molecular weight is 523 g/mol. The molecule has 4 aliphatic carbocycles. The minimum Gasteiger partial charge on any atom is -0.504 e. The largest absolute Gasteiger partial charge is 0.504 e. The molecule has 1 saturated heterocycles. The number of rotatable bonds is 12. The number of carbonyl (C=O) groups is 2. The second-order valence-electron chi connectivity index (χ2n) is 11.9. The molecule has 8 unspecified atom stereocenters. The number of hydrogen-bond acceptors (Lipinski definition) is 9. The first-order chi connectivity index (χ1) is 17.6. The Morgan fingerprint density at radius 2 is 1.73 bits per heavy atom. The topological polar surface area (TPSA) is 121 Å². The van der Waals surface area contributed by atoms with Crippen LogP contribution < -0.4 is 0 Å². The van der Waals surface area contributed by atoms with Crippen LogP contribution >= 0.6 is 0 Å². The smallest absolute Gasteiger partial charge is 0.307 e. The van der Waals surface area contributed by atoms with Gasteiger partial charge in [0.05, 0.1) is 11.8 Å². The van der Waals surface area contributed by atoms with E-state index in [1.54, 1.807) is 6.92 Å². The predicted molar refractivity (Wildman–Crippen MR) is 131 cm³/mol. The summed E-state index contributed by atoms with van der Waals surface area (Å²) in [6.45, 7) is 10.8. The maximum absolute atomic E-state index is 13.3. The molecule has 0 aromatic rings. The lowest BCUT2D eigenvalue weighted by molar-refractivity contribution is -0.349. The Morgan fingerprint density at radius 3 is 2.38 bits per heavy atom. The number of hydrogen-bond donors (Lipinski definition) is 2. The Labute approximate surface area is 218 Å². The van der Waals surface area contributed by atoms with Gasteiger partial charge in [-0.25, -0.2) is 0 Å². The lowest BCUT2D eigenvalue weighted by atomic mass is 9.52. The van der Waals surface area contributed by atoms with Crippen LogP contribution in [0.4, 0.5) is 0 Å². The molecule has 208 valence electrons. The van der Waals surface area contributed by atoms with Crippen molar-refractivity contribution in [3.05, 3.63) is 11.3 Å². The number of carbonyl (C=O) groups excluding carboxylic acids is 2. The molecule has 1 spiro atoms. The van der Waals surface area contributed by atoms with Crippen LogP contribution in [0.1, 0.15) is 79.6 Å². The van der Waals surface area contributed by atoms with Gasteiger partial charge < -0.3 is 33.9 Å². The quantitative estimate of drug-likeness (QED) is 0.225. The lowest BCUT2D eigenvalue weighted by Crippen LogP contribution is -2.78. The van der Waals surface area contributed by atoms with Gasteiger partial charge in [-0.3, -0.25) is 9.59 Å². The monoisotopic (exact) mass is 522 g/mol. The molecule has 0 aromatic heterocycles. The number of esters is 1. The molecule has 8 atom stereocenters. The van der Waals surface area contributed by atoms with Crippen molar-refractivity contribution in [1.82, 2.24) is 0 Å². The highest BCUT2D eigenvalue weighted by Gasteiger charge is 3.07. The first kappa shape index (κ1) is 27.1. The van der Waals surface area contributed by atoms with Crippen molar-refractivity contribution in [1.29, 1.82) is 0 Å². The van der Waals surface area contributed by atoms with Crippen LogP contribution in [0.15, 0.2) is 11.3 Å². The van der Waals surface area contributed by atoms with E-state index < -0.39 is 57.2 Å². The zero-order chi connectivity index (χ0) is 26.9. The molecule has 5 aliphatic rings. The van der Waals surface area contributed by atoms with E-state index in [0.717, 1.165) is 32.1 Å². The molecule has 1 heterocycles. The summed E-state index contributed by atoms with van der Waals surface area (Å²) in [6, 6.07) is 0. The predicted octanol–water partition coefficient (Wildman–Crippen LogP) is 3.57. The van der Waals surface area contributed by atoms with E-state index in [0.29, 0.717) is 25.2 Å².